The van der Waals surface area contributed by atoms with E-state index in [4.69, 9.17) is 28.3 Å². The summed E-state index contributed by atoms with van der Waals surface area (Å²) in [5, 5.41) is 13.2. The maximum Gasteiger partial charge on any atom is 0.303 e. The Morgan fingerprint density at radius 2 is 1.86 bits per heavy atom. The molecule has 0 amide bonds. The van der Waals surface area contributed by atoms with Crippen LogP contribution >= 0.6 is 0 Å². The van der Waals surface area contributed by atoms with Crippen LogP contribution in [0.5, 0.6) is 11.5 Å². The van der Waals surface area contributed by atoms with E-state index in [2.05, 4.69) is 10.1 Å². The quantitative estimate of drug-likeness (QED) is 0.201. The molecule has 2 aromatic carbocycles. The number of benzene rings is 2. The highest BCUT2D eigenvalue weighted by molar-refractivity contribution is 6.01. The second-order valence-electron chi connectivity index (χ2n) is 7.84. The highest BCUT2D eigenvalue weighted by Crippen LogP contribution is 2.30. The summed E-state index contributed by atoms with van der Waals surface area (Å²) < 4.78 is 22.4. The predicted octanol–water partition coefficient (Wildman–Crippen LogP) is 5.62. The average Bonchev–Trinajstić information content (AvgIpc) is 3.55. The normalized spacial score (nSPS) is 11.3. The molecule has 0 saturated carbocycles. The van der Waals surface area contributed by atoms with Gasteiger partial charge in [0.25, 0.3) is 5.89 Å². The summed E-state index contributed by atoms with van der Waals surface area (Å²) >= 11 is 0. The highest BCUT2D eigenvalue weighted by Gasteiger charge is 2.15. The number of ether oxygens (including phenoxy) is 2. The van der Waals surface area contributed by atoms with Crippen molar-refractivity contribution < 1.29 is 33.0 Å². The zero-order valence-electron chi connectivity index (χ0n) is 20.0. The van der Waals surface area contributed by atoms with Crippen LogP contribution in [0, 0.1) is 6.92 Å². The van der Waals surface area contributed by atoms with E-state index < -0.39 is 5.97 Å². The van der Waals surface area contributed by atoms with Gasteiger partial charge in [0.2, 0.25) is 0 Å². The molecule has 2 heterocycles. The third-order valence-corrected chi connectivity index (χ3v) is 5.31. The molecule has 36 heavy (non-hydrogen) atoms. The molecule has 0 spiro atoms. The van der Waals surface area contributed by atoms with Gasteiger partial charge >= 0.3 is 5.97 Å². The Labute approximate surface area is 207 Å². The Bertz CT molecular complexity index is 1310. The Morgan fingerprint density at radius 1 is 1.03 bits per heavy atom. The van der Waals surface area contributed by atoms with Crippen LogP contribution in [0.15, 0.2) is 80.9 Å². The molecule has 9 heteroatoms. The summed E-state index contributed by atoms with van der Waals surface area (Å²) in [6.45, 7) is 2.18. The molecule has 1 N–H and O–H groups in total. The van der Waals surface area contributed by atoms with Gasteiger partial charge in [0.15, 0.2) is 17.3 Å². The van der Waals surface area contributed by atoms with E-state index in [1.165, 1.54) is 0 Å². The van der Waals surface area contributed by atoms with Gasteiger partial charge in [-0.3, -0.25) is 4.79 Å². The summed E-state index contributed by atoms with van der Waals surface area (Å²) in [6.07, 6.45) is 1.79. The Balaban J connectivity index is 1.40. The molecule has 0 aliphatic carbocycles. The molecule has 0 aliphatic rings. The van der Waals surface area contributed by atoms with Crippen molar-refractivity contribution >= 4 is 11.7 Å². The molecular weight excluding hydrogens is 464 g/mol. The van der Waals surface area contributed by atoms with Crippen molar-refractivity contribution in [3.05, 3.63) is 89.5 Å². The molecule has 186 valence electrons. The summed E-state index contributed by atoms with van der Waals surface area (Å²) in [4.78, 5) is 21.0. The lowest BCUT2D eigenvalue weighted by molar-refractivity contribution is -0.136. The zero-order chi connectivity index (χ0) is 25.3. The first-order chi connectivity index (χ1) is 17.5. The molecule has 0 aliphatic heterocycles. The van der Waals surface area contributed by atoms with Gasteiger partial charge in [-0.2, -0.15) is 0 Å². The predicted molar refractivity (Wildman–Crippen MR) is 131 cm³/mol. The number of aryl methyl sites for hydroxylation is 1. The third kappa shape index (κ3) is 6.32. The van der Waals surface area contributed by atoms with Crippen molar-refractivity contribution in [3.63, 3.8) is 0 Å². The molecule has 0 unspecified atom stereocenters. The summed E-state index contributed by atoms with van der Waals surface area (Å²) in [5.74, 6) is 1.76. The summed E-state index contributed by atoms with van der Waals surface area (Å²) in [6, 6.07) is 18.3. The molecule has 0 saturated heterocycles. The Kier molecular flexibility index (Phi) is 8.02. The van der Waals surface area contributed by atoms with Gasteiger partial charge in [-0.05, 0) is 42.3 Å². The zero-order valence-corrected chi connectivity index (χ0v) is 20.0. The van der Waals surface area contributed by atoms with Crippen LogP contribution in [0.2, 0.25) is 0 Å². The molecule has 4 rings (SSSR count). The number of carbonyl (C=O) groups is 1. The van der Waals surface area contributed by atoms with Crippen LogP contribution in [-0.2, 0) is 22.8 Å². The Hall–Kier alpha value is -4.53. The lowest BCUT2D eigenvalue weighted by atomic mass is 10.1. The number of furan rings is 1. The fourth-order valence-electron chi connectivity index (χ4n) is 3.42. The third-order valence-electron chi connectivity index (χ3n) is 5.31. The first kappa shape index (κ1) is 24.6. The second kappa shape index (κ2) is 11.7. The van der Waals surface area contributed by atoms with Gasteiger partial charge in [-0.15, -0.1) is 0 Å². The molecule has 4 aromatic rings. The number of hydrogen-bond donors (Lipinski definition) is 1. The van der Waals surface area contributed by atoms with E-state index in [0.29, 0.717) is 40.3 Å². The average molecular weight is 491 g/mol. The van der Waals surface area contributed by atoms with Gasteiger partial charge in [0, 0.05) is 6.42 Å². The molecule has 0 radical (unpaired) electrons. The minimum Gasteiger partial charge on any atom is -0.493 e. The van der Waals surface area contributed by atoms with Crippen molar-refractivity contribution in [2.75, 3.05) is 7.11 Å². The molecular formula is C27H26N2O7. The van der Waals surface area contributed by atoms with Crippen LogP contribution in [0.25, 0.3) is 11.7 Å². The number of aromatic nitrogens is 1. The van der Waals surface area contributed by atoms with Gasteiger partial charge in [-0.25, -0.2) is 4.98 Å². The number of oxime groups is 1. The fourth-order valence-corrected chi connectivity index (χ4v) is 3.42. The highest BCUT2D eigenvalue weighted by atomic mass is 16.6. The topological polar surface area (TPSA) is 117 Å². The fraction of sp³-hybridized carbons (Fsp3) is 0.222. The van der Waals surface area contributed by atoms with E-state index in [1.54, 1.807) is 37.6 Å². The van der Waals surface area contributed by atoms with Crippen LogP contribution in [0.4, 0.5) is 0 Å². The van der Waals surface area contributed by atoms with Crippen molar-refractivity contribution in [2.45, 2.75) is 33.0 Å². The van der Waals surface area contributed by atoms with E-state index in [-0.39, 0.29) is 26.1 Å². The van der Waals surface area contributed by atoms with Crippen molar-refractivity contribution in [1.82, 2.24) is 4.98 Å². The monoisotopic (exact) mass is 490 g/mol. The SMILES string of the molecule is COc1cc(CON=C(CCC(=O)O)c2ccccc2)ccc1OCc1nc(-c2ccco2)oc1C. The van der Waals surface area contributed by atoms with Crippen LogP contribution in [0.1, 0.15) is 35.4 Å². The largest absolute Gasteiger partial charge is 0.493 e. The van der Waals surface area contributed by atoms with Crippen molar-refractivity contribution in [2.24, 2.45) is 5.16 Å². The Morgan fingerprint density at radius 3 is 2.58 bits per heavy atom. The van der Waals surface area contributed by atoms with E-state index in [1.807, 2.05) is 43.3 Å². The van der Waals surface area contributed by atoms with Crippen molar-refractivity contribution in [1.29, 1.82) is 0 Å². The number of nitrogens with zero attached hydrogens (tertiary/aromatic N) is 2. The lowest BCUT2D eigenvalue weighted by Gasteiger charge is -2.12. The number of methoxy groups -OCH3 is 1. The van der Waals surface area contributed by atoms with E-state index in [0.717, 1.165) is 11.1 Å². The minimum absolute atomic E-state index is 0.0368. The number of carboxylic acid groups (broad SMARTS) is 1. The molecule has 9 nitrogen and oxygen atoms in total. The molecule has 0 atom stereocenters. The van der Waals surface area contributed by atoms with Gasteiger partial charge in [0.1, 0.15) is 24.7 Å². The van der Waals surface area contributed by atoms with Gasteiger partial charge in [-0.1, -0.05) is 41.6 Å². The summed E-state index contributed by atoms with van der Waals surface area (Å²) in [7, 11) is 1.56. The maximum absolute atomic E-state index is 11.0. The van der Waals surface area contributed by atoms with Crippen molar-refractivity contribution in [3.8, 4) is 23.1 Å². The number of oxazole rings is 1. The number of aliphatic carboxylic acids is 1. The van der Waals surface area contributed by atoms with Gasteiger partial charge < -0.3 is 28.3 Å². The van der Waals surface area contributed by atoms with Crippen LogP contribution < -0.4 is 9.47 Å². The first-order valence-electron chi connectivity index (χ1n) is 11.3. The lowest BCUT2D eigenvalue weighted by Crippen LogP contribution is -2.06. The summed E-state index contributed by atoms with van der Waals surface area (Å²) in [5.41, 5.74) is 2.85. The minimum atomic E-state index is -0.892. The van der Waals surface area contributed by atoms with Gasteiger partial charge in [0.05, 0.1) is 25.5 Å². The second-order valence-corrected chi connectivity index (χ2v) is 7.84. The van der Waals surface area contributed by atoms with E-state index in [9.17, 15) is 4.79 Å². The standard InChI is InChI=1S/C27H26N2O7/c1-18-22(28-27(36-18)24-9-6-14-33-24)17-34-23-12-10-19(15-25(23)32-2)16-35-29-21(11-13-26(30)31)20-7-4-3-5-8-20/h3-10,12,14-15H,11,13,16-17H2,1-2H3,(H,30,31). The van der Waals surface area contributed by atoms with Crippen LogP contribution in [0.3, 0.4) is 0 Å². The number of rotatable bonds is 12. The maximum atomic E-state index is 11.0. The first-order valence-corrected chi connectivity index (χ1v) is 11.3. The molecule has 2 aromatic heterocycles. The smallest absolute Gasteiger partial charge is 0.303 e. The van der Waals surface area contributed by atoms with Crippen LogP contribution in [-0.4, -0.2) is 28.9 Å². The molecule has 0 bridgehead atoms. The van der Waals surface area contributed by atoms with E-state index >= 15 is 0 Å². The number of hydrogen-bond acceptors (Lipinski definition) is 8. The molecule has 0 fully saturated rings. The number of carboxylic acids is 1.